The zero-order valence-electron chi connectivity index (χ0n) is 19.5. The highest BCUT2D eigenvalue weighted by Gasteiger charge is 2.37. The van der Waals surface area contributed by atoms with Gasteiger partial charge in [-0.15, -0.1) is 0 Å². The number of anilines is 1. The van der Waals surface area contributed by atoms with Crippen LogP contribution in [0.3, 0.4) is 0 Å². The van der Waals surface area contributed by atoms with E-state index in [1.807, 2.05) is 31.2 Å². The number of nitrogens with zero attached hydrogens (tertiary/aromatic N) is 3. The average Bonchev–Trinajstić information content (AvgIpc) is 3.43. The van der Waals surface area contributed by atoms with Crippen molar-refractivity contribution in [1.29, 1.82) is 0 Å². The summed E-state index contributed by atoms with van der Waals surface area (Å²) in [7, 11) is 0. The van der Waals surface area contributed by atoms with Gasteiger partial charge in [0.25, 0.3) is 5.91 Å². The largest absolute Gasteiger partial charge is 0.465 e. The predicted molar refractivity (Wildman–Crippen MR) is 130 cm³/mol. The van der Waals surface area contributed by atoms with Crippen molar-refractivity contribution in [2.24, 2.45) is 0 Å². The zero-order chi connectivity index (χ0) is 23.8. The van der Waals surface area contributed by atoms with Crippen LogP contribution < -0.4 is 10.6 Å². The quantitative estimate of drug-likeness (QED) is 0.440. The van der Waals surface area contributed by atoms with Crippen LogP contribution in [0.4, 0.5) is 10.6 Å². The lowest BCUT2D eigenvalue weighted by Crippen LogP contribution is -2.41. The lowest BCUT2D eigenvalue weighted by atomic mass is 10.0. The molecule has 1 saturated heterocycles. The van der Waals surface area contributed by atoms with E-state index in [2.05, 4.69) is 22.5 Å². The molecule has 0 saturated carbocycles. The molecule has 1 fully saturated rings. The van der Waals surface area contributed by atoms with Crippen LogP contribution in [0.15, 0.2) is 24.3 Å². The van der Waals surface area contributed by atoms with Crippen LogP contribution in [-0.2, 0) is 6.42 Å². The molecule has 0 aliphatic carbocycles. The Bertz CT molecular complexity index is 1250. The molecule has 2 aliphatic rings. The van der Waals surface area contributed by atoms with E-state index in [0.29, 0.717) is 24.5 Å². The number of aryl methyl sites for hydroxylation is 1. The number of likely N-dealkylation sites (tertiary alicyclic amines) is 1. The molecule has 0 radical (unpaired) electrons. The Labute approximate surface area is 198 Å². The second kappa shape index (κ2) is 8.96. The van der Waals surface area contributed by atoms with Crippen LogP contribution >= 0.6 is 0 Å². The third-order valence-electron chi connectivity index (χ3n) is 6.93. The standard InChI is InChI=1S/C25H30N6O3/c1-3-4-8-21-18(10-12-31(21)25(33)34)29-23-14(2)27-19-7-5-6-15(22(19)30-23)20-13-16-17(28-20)9-11-26-24(16)32/h5-7,13,18,21,28H,3-4,8-12H2,1-2H3,(H,26,32)(H,29,30)(H,33,34). The number of H-pyrrole nitrogens is 1. The van der Waals surface area contributed by atoms with E-state index in [-0.39, 0.29) is 18.0 Å². The van der Waals surface area contributed by atoms with Crippen LogP contribution in [-0.4, -0.2) is 62.1 Å². The summed E-state index contributed by atoms with van der Waals surface area (Å²) >= 11 is 0. The highest BCUT2D eigenvalue weighted by molar-refractivity contribution is 5.99. The molecule has 34 heavy (non-hydrogen) atoms. The normalized spacial score (nSPS) is 19.8. The second-order valence-electron chi connectivity index (χ2n) is 9.14. The number of carboxylic acid groups (broad SMARTS) is 1. The molecule has 2 amide bonds. The summed E-state index contributed by atoms with van der Waals surface area (Å²) in [5.74, 6) is 0.614. The van der Waals surface area contributed by atoms with Gasteiger partial charge in [-0.05, 0) is 31.9 Å². The smallest absolute Gasteiger partial charge is 0.407 e. The molecule has 9 heteroatoms. The van der Waals surface area contributed by atoms with Gasteiger partial charge in [-0.25, -0.2) is 14.8 Å². The van der Waals surface area contributed by atoms with Crippen molar-refractivity contribution in [2.45, 2.75) is 58.0 Å². The maximum absolute atomic E-state index is 12.3. The Kier molecular flexibility index (Phi) is 5.85. The van der Waals surface area contributed by atoms with E-state index in [4.69, 9.17) is 9.97 Å². The number of hydrogen-bond donors (Lipinski definition) is 4. The Morgan fingerprint density at radius 1 is 1.29 bits per heavy atom. The summed E-state index contributed by atoms with van der Waals surface area (Å²) in [5.41, 5.74) is 5.64. The number of benzene rings is 1. The van der Waals surface area contributed by atoms with Gasteiger partial charge in [-0.3, -0.25) is 4.79 Å². The van der Waals surface area contributed by atoms with Crippen LogP contribution in [0.1, 0.15) is 54.4 Å². The topological polar surface area (TPSA) is 123 Å². The van der Waals surface area contributed by atoms with Crippen molar-refractivity contribution in [3.8, 4) is 11.3 Å². The number of rotatable bonds is 6. The SMILES string of the molecule is CCCCC1C(Nc2nc3c(-c4cc5c([nH]4)CCNC5=O)cccc3nc2C)CCN1C(=O)O. The first-order valence-electron chi connectivity index (χ1n) is 12.0. The highest BCUT2D eigenvalue weighted by Crippen LogP contribution is 2.32. The lowest BCUT2D eigenvalue weighted by Gasteiger charge is -2.27. The summed E-state index contributed by atoms with van der Waals surface area (Å²) in [6, 6.07) is 7.65. The molecule has 2 aromatic heterocycles. The number of unbranched alkanes of at least 4 members (excludes halogenated alkanes) is 1. The van der Waals surface area contributed by atoms with Crippen molar-refractivity contribution < 1.29 is 14.7 Å². The molecular weight excluding hydrogens is 432 g/mol. The summed E-state index contributed by atoms with van der Waals surface area (Å²) in [5, 5.41) is 16.1. The number of carbonyl (C=O) groups excluding carboxylic acids is 1. The fraction of sp³-hybridized carbons (Fsp3) is 0.440. The van der Waals surface area contributed by atoms with Crippen molar-refractivity contribution >= 4 is 28.9 Å². The maximum Gasteiger partial charge on any atom is 0.407 e. The number of carbonyl (C=O) groups is 2. The molecule has 9 nitrogen and oxygen atoms in total. The second-order valence-corrected chi connectivity index (χ2v) is 9.14. The molecule has 2 atom stereocenters. The Hall–Kier alpha value is -3.62. The first-order chi connectivity index (χ1) is 16.5. The van der Waals surface area contributed by atoms with Crippen molar-refractivity contribution in [1.82, 2.24) is 25.2 Å². The van der Waals surface area contributed by atoms with E-state index in [1.165, 1.54) is 0 Å². The molecule has 5 rings (SSSR count). The van der Waals surface area contributed by atoms with Gasteiger partial charge >= 0.3 is 6.09 Å². The van der Waals surface area contributed by atoms with Crippen LogP contribution in [0.25, 0.3) is 22.3 Å². The van der Waals surface area contributed by atoms with Crippen molar-refractivity contribution in [2.75, 3.05) is 18.4 Å². The monoisotopic (exact) mass is 462 g/mol. The number of nitrogens with one attached hydrogen (secondary N) is 3. The van der Waals surface area contributed by atoms with E-state index in [9.17, 15) is 14.7 Å². The van der Waals surface area contributed by atoms with Crippen LogP contribution in [0.2, 0.25) is 0 Å². The van der Waals surface area contributed by atoms with Gasteiger partial charge < -0.3 is 25.6 Å². The third-order valence-corrected chi connectivity index (χ3v) is 6.93. The molecule has 1 aromatic carbocycles. The van der Waals surface area contributed by atoms with Gasteiger partial charge in [0.05, 0.1) is 22.8 Å². The Balaban J connectivity index is 1.50. The average molecular weight is 463 g/mol. The fourth-order valence-electron chi connectivity index (χ4n) is 5.16. The minimum Gasteiger partial charge on any atom is -0.465 e. The summed E-state index contributed by atoms with van der Waals surface area (Å²) < 4.78 is 0. The van der Waals surface area contributed by atoms with Gasteiger partial charge in [0.2, 0.25) is 0 Å². The van der Waals surface area contributed by atoms with Crippen LogP contribution in [0, 0.1) is 6.92 Å². The summed E-state index contributed by atoms with van der Waals surface area (Å²) in [4.78, 5) is 38.7. The van der Waals surface area contributed by atoms with Gasteiger partial charge in [0, 0.05) is 42.5 Å². The number of aromatic amines is 1. The Morgan fingerprint density at radius 3 is 2.91 bits per heavy atom. The van der Waals surface area contributed by atoms with E-state index in [1.54, 1.807) is 4.90 Å². The van der Waals surface area contributed by atoms with Gasteiger partial charge in [0.1, 0.15) is 11.3 Å². The first kappa shape index (κ1) is 22.2. The molecule has 4 N–H and O–H groups in total. The van der Waals surface area contributed by atoms with Gasteiger partial charge in [0.15, 0.2) is 0 Å². The van der Waals surface area contributed by atoms with Gasteiger partial charge in [-0.1, -0.05) is 31.9 Å². The minimum absolute atomic E-state index is 0.0123. The molecule has 3 aromatic rings. The summed E-state index contributed by atoms with van der Waals surface area (Å²) in [6.45, 7) is 5.18. The van der Waals surface area contributed by atoms with E-state index in [0.717, 1.165) is 65.8 Å². The maximum atomic E-state index is 12.3. The number of para-hydroxylation sites is 1. The number of amides is 2. The van der Waals surface area contributed by atoms with E-state index >= 15 is 0 Å². The molecule has 2 unspecified atom stereocenters. The van der Waals surface area contributed by atoms with Crippen molar-refractivity contribution in [3.05, 3.63) is 41.2 Å². The predicted octanol–water partition coefficient (Wildman–Crippen LogP) is 3.94. The van der Waals surface area contributed by atoms with Crippen LogP contribution in [0.5, 0.6) is 0 Å². The zero-order valence-corrected chi connectivity index (χ0v) is 19.5. The molecule has 178 valence electrons. The molecule has 2 aliphatic heterocycles. The molecule has 4 heterocycles. The van der Waals surface area contributed by atoms with Crippen molar-refractivity contribution in [3.63, 3.8) is 0 Å². The van der Waals surface area contributed by atoms with Gasteiger partial charge in [-0.2, -0.15) is 0 Å². The highest BCUT2D eigenvalue weighted by atomic mass is 16.4. The van der Waals surface area contributed by atoms with E-state index < -0.39 is 6.09 Å². The number of aromatic nitrogens is 3. The fourth-order valence-corrected chi connectivity index (χ4v) is 5.16. The summed E-state index contributed by atoms with van der Waals surface area (Å²) in [6.07, 6.45) is 3.46. The Morgan fingerprint density at radius 2 is 2.15 bits per heavy atom. The lowest BCUT2D eigenvalue weighted by molar-refractivity contribution is 0.0946. The molecular formula is C25H30N6O3. The first-order valence-corrected chi connectivity index (χ1v) is 12.0. The molecule has 0 spiro atoms. The molecule has 0 bridgehead atoms. The minimum atomic E-state index is -0.867. The third kappa shape index (κ3) is 3.95. The number of hydrogen-bond acceptors (Lipinski definition) is 5. The number of fused-ring (bicyclic) bond motifs is 2.